The highest BCUT2D eigenvalue weighted by Gasteiger charge is 2.28. The largest absolute Gasteiger partial charge is 0.353 e. The van der Waals surface area contributed by atoms with Crippen molar-refractivity contribution in [3.05, 3.63) is 18.0 Å². The molecule has 164 valence electrons. The molecule has 2 atom stereocenters. The number of aromatic nitrogens is 4. The van der Waals surface area contributed by atoms with Gasteiger partial charge < -0.3 is 9.80 Å². The SMILES string of the molecule is CC1CC(C)CN(C(=O)CN2CCN(c3ccc4nnc(C(C)(C)C)n4n3)CC2)C1. The molecule has 2 aromatic heterocycles. The maximum absolute atomic E-state index is 12.8. The summed E-state index contributed by atoms with van der Waals surface area (Å²) < 4.78 is 1.87. The van der Waals surface area contributed by atoms with Gasteiger partial charge >= 0.3 is 0 Å². The van der Waals surface area contributed by atoms with Crippen LogP contribution in [0.5, 0.6) is 0 Å². The minimum atomic E-state index is -0.118. The summed E-state index contributed by atoms with van der Waals surface area (Å²) in [5, 5.41) is 13.4. The van der Waals surface area contributed by atoms with Gasteiger partial charge in [-0.1, -0.05) is 34.6 Å². The molecule has 2 aromatic rings. The van der Waals surface area contributed by atoms with Gasteiger partial charge in [0, 0.05) is 44.7 Å². The molecule has 2 aliphatic rings. The smallest absolute Gasteiger partial charge is 0.236 e. The summed E-state index contributed by atoms with van der Waals surface area (Å²) in [6.07, 6.45) is 1.23. The van der Waals surface area contributed by atoms with Crippen molar-refractivity contribution in [3.63, 3.8) is 0 Å². The molecule has 4 heterocycles. The van der Waals surface area contributed by atoms with Crippen LogP contribution in [0.2, 0.25) is 0 Å². The zero-order valence-corrected chi connectivity index (χ0v) is 19.0. The second kappa shape index (κ2) is 8.13. The third kappa shape index (κ3) is 4.43. The van der Waals surface area contributed by atoms with Crippen molar-refractivity contribution < 1.29 is 4.79 Å². The number of carbonyl (C=O) groups excluding carboxylic acids is 1. The lowest BCUT2D eigenvalue weighted by molar-refractivity contribution is -0.135. The van der Waals surface area contributed by atoms with Crippen LogP contribution < -0.4 is 4.90 Å². The standard InChI is InChI=1S/C22H35N7O/c1-16-12-17(2)14-28(13-16)20(30)15-26-8-10-27(11-9-26)19-7-6-18-23-24-21(22(3,4)5)29(18)25-19/h6-7,16-17H,8-15H2,1-5H3. The van der Waals surface area contributed by atoms with Crippen LogP contribution >= 0.6 is 0 Å². The summed E-state index contributed by atoms with van der Waals surface area (Å²) in [5.74, 6) is 3.30. The Balaban J connectivity index is 1.37. The number of amides is 1. The van der Waals surface area contributed by atoms with Crippen LogP contribution in [0.25, 0.3) is 5.65 Å². The monoisotopic (exact) mass is 413 g/mol. The van der Waals surface area contributed by atoms with Gasteiger partial charge in [0.25, 0.3) is 0 Å². The Kier molecular flexibility index (Phi) is 5.70. The summed E-state index contributed by atoms with van der Waals surface area (Å²) in [6, 6.07) is 4.01. The topological polar surface area (TPSA) is 69.9 Å². The van der Waals surface area contributed by atoms with Crippen molar-refractivity contribution in [1.29, 1.82) is 0 Å². The minimum absolute atomic E-state index is 0.118. The Labute approximate surface area is 179 Å². The first-order chi connectivity index (χ1) is 14.2. The molecule has 1 amide bonds. The van der Waals surface area contributed by atoms with Gasteiger partial charge in [-0.2, -0.15) is 4.52 Å². The molecule has 0 aromatic carbocycles. The van der Waals surface area contributed by atoms with Gasteiger partial charge in [-0.05, 0) is 30.4 Å². The van der Waals surface area contributed by atoms with Gasteiger partial charge in [0.15, 0.2) is 11.5 Å². The minimum Gasteiger partial charge on any atom is -0.353 e. The lowest BCUT2D eigenvalue weighted by Gasteiger charge is -2.38. The van der Waals surface area contributed by atoms with Gasteiger partial charge in [0.1, 0.15) is 5.82 Å². The van der Waals surface area contributed by atoms with Crippen LogP contribution in [0.4, 0.5) is 5.82 Å². The second-order valence-electron chi connectivity index (χ2n) is 10.2. The molecular weight excluding hydrogens is 378 g/mol. The number of hydrogen-bond donors (Lipinski definition) is 0. The average Bonchev–Trinajstić information content (AvgIpc) is 3.11. The van der Waals surface area contributed by atoms with Crippen LogP contribution in [0.15, 0.2) is 12.1 Å². The Morgan fingerprint density at radius 3 is 2.33 bits per heavy atom. The fraction of sp³-hybridized carbons (Fsp3) is 0.727. The number of piperidine rings is 1. The van der Waals surface area contributed by atoms with Crippen LogP contribution in [-0.2, 0) is 10.2 Å². The maximum atomic E-state index is 12.8. The van der Waals surface area contributed by atoms with Gasteiger partial charge in [0.2, 0.25) is 5.91 Å². The van der Waals surface area contributed by atoms with E-state index in [0.29, 0.717) is 18.4 Å². The molecule has 2 aliphatic heterocycles. The molecule has 2 saturated heterocycles. The van der Waals surface area contributed by atoms with Crippen LogP contribution in [0.1, 0.15) is 46.9 Å². The molecule has 30 heavy (non-hydrogen) atoms. The van der Waals surface area contributed by atoms with Crippen molar-refractivity contribution >= 4 is 17.4 Å². The first kappa shape index (κ1) is 21.0. The molecule has 8 heteroatoms. The Morgan fingerprint density at radius 2 is 1.70 bits per heavy atom. The molecule has 0 spiro atoms. The summed E-state index contributed by atoms with van der Waals surface area (Å²) in [6.45, 7) is 16.7. The van der Waals surface area contributed by atoms with E-state index in [4.69, 9.17) is 5.10 Å². The Bertz CT molecular complexity index is 885. The molecule has 0 bridgehead atoms. The summed E-state index contributed by atoms with van der Waals surface area (Å²) in [4.78, 5) is 19.4. The Hall–Kier alpha value is -2.22. The van der Waals surface area contributed by atoms with Crippen LogP contribution in [0, 0.1) is 11.8 Å². The molecule has 0 N–H and O–H groups in total. The third-order valence-electron chi connectivity index (χ3n) is 6.20. The quantitative estimate of drug-likeness (QED) is 0.767. The van der Waals surface area contributed by atoms with Gasteiger partial charge in [-0.15, -0.1) is 15.3 Å². The number of anilines is 1. The predicted molar refractivity (Wildman–Crippen MR) is 118 cm³/mol. The number of piperazine rings is 1. The number of rotatable bonds is 3. The van der Waals surface area contributed by atoms with Crippen molar-refractivity contribution in [3.8, 4) is 0 Å². The molecule has 2 fully saturated rings. The van der Waals surface area contributed by atoms with Crippen LogP contribution in [0.3, 0.4) is 0 Å². The highest BCUT2D eigenvalue weighted by molar-refractivity contribution is 5.78. The van der Waals surface area contributed by atoms with E-state index in [-0.39, 0.29) is 11.3 Å². The molecular formula is C22H35N7O. The fourth-order valence-electron chi connectivity index (χ4n) is 4.71. The first-order valence-electron chi connectivity index (χ1n) is 11.2. The van der Waals surface area contributed by atoms with Gasteiger partial charge in [-0.25, -0.2) is 0 Å². The van der Waals surface area contributed by atoms with Gasteiger partial charge in [0.05, 0.1) is 6.54 Å². The third-order valence-corrected chi connectivity index (χ3v) is 6.20. The molecule has 0 saturated carbocycles. The number of nitrogens with zero attached hydrogens (tertiary/aromatic N) is 7. The van der Waals surface area contributed by atoms with Crippen molar-refractivity contribution in [1.82, 2.24) is 29.6 Å². The number of hydrogen-bond acceptors (Lipinski definition) is 6. The van der Waals surface area contributed by atoms with Gasteiger partial charge in [-0.3, -0.25) is 9.69 Å². The van der Waals surface area contributed by atoms with E-state index in [1.165, 1.54) is 6.42 Å². The highest BCUT2D eigenvalue weighted by atomic mass is 16.2. The molecule has 8 nitrogen and oxygen atoms in total. The number of likely N-dealkylation sites (tertiary alicyclic amines) is 1. The second-order valence-corrected chi connectivity index (χ2v) is 10.2. The zero-order valence-electron chi connectivity index (χ0n) is 19.0. The van der Waals surface area contributed by atoms with E-state index in [0.717, 1.165) is 56.6 Å². The Morgan fingerprint density at radius 1 is 1.03 bits per heavy atom. The normalized spacial score (nSPS) is 23.9. The highest BCUT2D eigenvalue weighted by Crippen LogP contribution is 2.23. The summed E-state index contributed by atoms with van der Waals surface area (Å²) >= 11 is 0. The van der Waals surface area contributed by atoms with E-state index in [1.54, 1.807) is 0 Å². The van der Waals surface area contributed by atoms with Crippen LogP contribution in [-0.4, -0.2) is 81.3 Å². The molecule has 0 aliphatic carbocycles. The van der Waals surface area contributed by atoms with E-state index in [1.807, 2.05) is 16.6 Å². The van der Waals surface area contributed by atoms with Crippen molar-refractivity contribution in [2.24, 2.45) is 11.8 Å². The lowest BCUT2D eigenvalue weighted by Crippen LogP contribution is -2.52. The van der Waals surface area contributed by atoms with Crippen molar-refractivity contribution in [2.75, 3.05) is 50.7 Å². The lowest BCUT2D eigenvalue weighted by atomic mass is 9.92. The average molecular weight is 414 g/mol. The molecule has 2 unspecified atom stereocenters. The van der Waals surface area contributed by atoms with E-state index < -0.39 is 0 Å². The number of fused-ring (bicyclic) bond motifs is 1. The maximum Gasteiger partial charge on any atom is 0.236 e. The van der Waals surface area contributed by atoms with Crippen molar-refractivity contribution in [2.45, 2.75) is 46.5 Å². The number of carbonyl (C=O) groups is 1. The van der Waals surface area contributed by atoms with E-state index in [9.17, 15) is 4.79 Å². The van der Waals surface area contributed by atoms with E-state index >= 15 is 0 Å². The predicted octanol–water partition coefficient (Wildman–Crippen LogP) is 2.05. The van der Waals surface area contributed by atoms with E-state index in [2.05, 4.69) is 59.5 Å². The summed E-state index contributed by atoms with van der Waals surface area (Å²) in [7, 11) is 0. The molecule has 4 rings (SSSR count). The fourth-order valence-corrected chi connectivity index (χ4v) is 4.71. The summed E-state index contributed by atoms with van der Waals surface area (Å²) in [5.41, 5.74) is 0.658. The first-order valence-corrected chi connectivity index (χ1v) is 11.2. The molecule has 0 radical (unpaired) electrons. The zero-order chi connectivity index (χ0) is 21.5.